The summed E-state index contributed by atoms with van der Waals surface area (Å²) in [7, 11) is 0. The SMILES string of the molecule is CCc1cc(Oc2ccccc2)ccc1Nc1ncnc2cc(C)c(C)cc12.Cl. The van der Waals surface area contributed by atoms with E-state index in [0.29, 0.717) is 0 Å². The molecule has 0 saturated heterocycles. The molecule has 0 aliphatic carbocycles. The summed E-state index contributed by atoms with van der Waals surface area (Å²) in [6.07, 6.45) is 2.49. The summed E-state index contributed by atoms with van der Waals surface area (Å²) in [6.45, 7) is 6.35. The summed E-state index contributed by atoms with van der Waals surface area (Å²) in [5.74, 6) is 2.48. The zero-order chi connectivity index (χ0) is 19.5. The van der Waals surface area contributed by atoms with Gasteiger partial charge in [-0.3, -0.25) is 0 Å². The number of aryl methyl sites for hydroxylation is 3. The van der Waals surface area contributed by atoms with Crippen LogP contribution in [0, 0.1) is 13.8 Å². The molecule has 0 aliphatic rings. The lowest BCUT2D eigenvalue weighted by Crippen LogP contribution is -2.00. The van der Waals surface area contributed by atoms with E-state index in [1.54, 1.807) is 6.33 Å². The Morgan fingerprint density at radius 3 is 2.38 bits per heavy atom. The van der Waals surface area contributed by atoms with Crippen LogP contribution in [0.3, 0.4) is 0 Å². The molecule has 0 atom stereocenters. The number of halogens is 1. The van der Waals surface area contributed by atoms with Crippen LogP contribution in [0.25, 0.3) is 10.9 Å². The van der Waals surface area contributed by atoms with Crippen LogP contribution in [0.15, 0.2) is 67.0 Å². The van der Waals surface area contributed by atoms with Crippen molar-refractivity contribution in [2.75, 3.05) is 5.32 Å². The van der Waals surface area contributed by atoms with Gasteiger partial charge in [0.1, 0.15) is 23.6 Å². The van der Waals surface area contributed by atoms with E-state index in [1.807, 2.05) is 42.5 Å². The van der Waals surface area contributed by atoms with E-state index >= 15 is 0 Å². The minimum atomic E-state index is 0. The molecule has 29 heavy (non-hydrogen) atoms. The highest BCUT2D eigenvalue weighted by Crippen LogP contribution is 2.31. The quantitative estimate of drug-likeness (QED) is 0.398. The lowest BCUT2D eigenvalue weighted by molar-refractivity contribution is 0.482. The van der Waals surface area contributed by atoms with Crippen molar-refractivity contribution in [3.8, 4) is 11.5 Å². The zero-order valence-corrected chi connectivity index (χ0v) is 17.6. The van der Waals surface area contributed by atoms with E-state index in [4.69, 9.17) is 4.74 Å². The molecular weight excluding hydrogens is 382 g/mol. The van der Waals surface area contributed by atoms with Gasteiger partial charge in [0, 0.05) is 11.1 Å². The number of nitrogens with one attached hydrogen (secondary N) is 1. The molecule has 4 rings (SSSR count). The van der Waals surface area contributed by atoms with Crippen LogP contribution in [-0.4, -0.2) is 9.97 Å². The number of anilines is 2. The minimum absolute atomic E-state index is 0. The molecule has 4 aromatic rings. The molecule has 0 bridgehead atoms. The van der Waals surface area contributed by atoms with Crippen LogP contribution in [0.1, 0.15) is 23.6 Å². The van der Waals surface area contributed by atoms with Crippen molar-refractivity contribution in [1.82, 2.24) is 9.97 Å². The van der Waals surface area contributed by atoms with Gasteiger partial charge in [-0.15, -0.1) is 12.4 Å². The van der Waals surface area contributed by atoms with E-state index in [0.717, 1.165) is 40.3 Å². The summed E-state index contributed by atoms with van der Waals surface area (Å²) in [5.41, 5.74) is 5.61. The second kappa shape index (κ2) is 8.93. The van der Waals surface area contributed by atoms with Crippen LogP contribution in [0.4, 0.5) is 11.5 Å². The van der Waals surface area contributed by atoms with Gasteiger partial charge in [0.05, 0.1) is 5.52 Å². The van der Waals surface area contributed by atoms with Crippen LogP contribution in [0.5, 0.6) is 11.5 Å². The van der Waals surface area contributed by atoms with Gasteiger partial charge >= 0.3 is 0 Å². The first-order valence-corrected chi connectivity index (χ1v) is 9.49. The van der Waals surface area contributed by atoms with Crippen molar-refractivity contribution in [1.29, 1.82) is 0 Å². The van der Waals surface area contributed by atoms with Gasteiger partial charge in [-0.05, 0) is 79.4 Å². The Morgan fingerprint density at radius 1 is 0.862 bits per heavy atom. The number of aromatic nitrogens is 2. The molecule has 1 aromatic heterocycles. The van der Waals surface area contributed by atoms with Gasteiger partial charge in [0.25, 0.3) is 0 Å². The van der Waals surface area contributed by atoms with Crippen LogP contribution >= 0.6 is 12.4 Å². The Balaban J connectivity index is 0.00000240. The summed E-state index contributed by atoms with van der Waals surface area (Å²) in [4.78, 5) is 8.90. The van der Waals surface area contributed by atoms with Crippen molar-refractivity contribution in [3.05, 3.63) is 83.7 Å². The topological polar surface area (TPSA) is 47.0 Å². The van der Waals surface area contributed by atoms with Crippen molar-refractivity contribution >= 4 is 34.8 Å². The van der Waals surface area contributed by atoms with Crippen molar-refractivity contribution in [3.63, 3.8) is 0 Å². The van der Waals surface area contributed by atoms with E-state index in [1.165, 1.54) is 16.7 Å². The fourth-order valence-electron chi connectivity index (χ4n) is 3.22. The number of rotatable bonds is 5. The number of nitrogens with zero attached hydrogens (tertiary/aromatic N) is 2. The monoisotopic (exact) mass is 405 g/mol. The van der Waals surface area contributed by atoms with Crippen molar-refractivity contribution in [2.45, 2.75) is 27.2 Å². The van der Waals surface area contributed by atoms with Gasteiger partial charge in [-0.1, -0.05) is 25.1 Å². The van der Waals surface area contributed by atoms with Crippen LogP contribution < -0.4 is 10.1 Å². The molecule has 0 aliphatic heterocycles. The predicted octanol–water partition coefficient (Wildman–Crippen LogP) is 6.77. The molecule has 4 nitrogen and oxygen atoms in total. The first-order valence-electron chi connectivity index (χ1n) is 9.49. The smallest absolute Gasteiger partial charge is 0.141 e. The Morgan fingerprint density at radius 2 is 1.62 bits per heavy atom. The Bertz CT molecular complexity index is 1130. The highest BCUT2D eigenvalue weighted by atomic mass is 35.5. The Labute approximate surface area is 177 Å². The summed E-state index contributed by atoms with van der Waals surface area (Å²) < 4.78 is 5.97. The second-order valence-corrected chi connectivity index (χ2v) is 6.89. The Hall–Kier alpha value is -3.11. The molecule has 1 N–H and O–H groups in total. The van der Waals surface area contributed by atoms with Gasteiger partial charge in [0.15, 0.2) is 0 Å². The number of hydrogen-bond donors (Lipinski definition) is 1. The maximum absolute atomic E-state index is 5.97. The molecule has 0 amide bonds. The highest BCUT2D eigenvalue weighted by molar-refractivity contribution is 5.91. The van der Waals surface area contributed by atoms with Gasteiger partial charge in [-0.2, -0.15) is 0 Å². The molecule has 0 unspecified atom stereocenters. The van der Waals surface area contributed by atoms with Crippen LogP contribution in [0.2, 0.25) is 0 Å². The molecule has 0 fully saturated rings. The van der Waals surface area contributed by atoms with E-state index in [2.05, 4.69) is 54.3 Å². The van der Waals surface area contributed by atoms with E-state index in [9.17, 15) is 0 Å². The lowest BCUT2D eigenvalue weighted by Gasteiger charge is -2.14. The first-order chi connectivity index (χ1) is 13.6. The fraction of sp³-hybridized carbons (Fsp3) is 0.167. The molecule has 5 heteroatoms. The van der Waals surface area contributed by atoms with Gasteiger partial charge in [0.2, 0.25) is 0 Å². The third kappa shape index (κ3) is 4.49. The minimum Gasteiger partial charge on any atom is -0.457 e. The Kier molecular flexibility index (Phi) is 6.35. The third-order valence-corrected chi connectivity index (χ3v) is 4.94. The third-order valence-electron chi connectivity index (χ3n) is 4.94. The average molecular weight is 406 g/mol. The van der Waals surface area contributed by atoms with E-state index in [-0.39, 0.29) is 12.4 Å². The predicted molar refractivity (Wildman–Crippen MR) is 122 cm³/mol. The molecule has 1 heterocycles. The molecule has 0 saturated carbocycles. The van der Waals surface area contributed by atoms with Crippen molar-refractivity contribution < 1.29 is 4.74 Å². The van der Waals surface area contributed by atoms with E-state index < -0.39 is 0 Å². The largest absolute Gasteiger partial charge is 0.457 e. The normalized spacial score (nSPS) is 10.4. The first kappa shape index (κ1) is 20.6. The number of fused-ring (bicyclic) bond motifs is 1. The summed E-state index contributed by atoms with van der Waals surface area (Å²) >= 11 is 0. The number of ether oxygens (including phenoxy) is 1. The number of hydrogen-bond acceptors (Lipinski definition) is 4. The van der Waals surface area contributed by atoms with Gasteiger partial charge in [-0.25, -0.2) is 9.97 Å². The zero-order valence-electron chi connectivity index (χ0n) is 16.8. The molecule has 148 valence electrons. The number of benzene rings is 3. The lowest BCUT2D eigenvalue weighted by atomic mass is 10.1. The van der Waals surface area contributed by atoms with Crippen molar-refractivity contribution in [2.24, 2.45) is 0 Å². The molecule has 3 aromatic carbocycles. The molecular formula is C24H24ClN3O. The maximum Gasteiger partial charge on any atom is 0.141 e. The van der Waals surface area contributed by atoms with Gasteiger partial charge < -0.3 is 10.1 Å². The standard InChI is InChI=1S/C24H23N3O.ClH/c1-4-18-14-20(28-19-8-6-5-7-9-19)10-11-22(18)27-24-21-12-16(2)17(3)13-23(21)25-15-26-24;/h5-15H,4H2,1-3H3,(H,25,26,27);1H. The highest BCUT2D eigenvalue weighted by Gasteiger charge is 2.10. The maximum atomic E-state index is 5.97. The number of para-hydroxylation sites is 1. The second-order valence-electron chi connectivity index (χ2n) is 6.89. The molecule has 0 spiro atoms. The fourth-order valence-corrected chi connectivity index (χ4v) is 3.22. The molecule has 0 radical (unpaired) electrons. The summed E-state index contributed by atoms with van der Waals surface area (Å²) in [6, 6.07) is 20.2. The van der Waals surface area contributed by atoms with Crippen LogP contribution in [-0.2, 0) is 6.42 Å². The average Bonchev–Trinajstić information content (AvgIpc) is 2.71. The summed E-state index contributed by atoms with van der Waals surface area (Å²) in [5, 5.41) is 4.52.